The van der Waals surface area contributed by atoms with Crippen molar-refractivity contribution in [3.05, 3.63) is 47.4 Å². The highest BCUT2D eigenvalue weighted by atomic mass is 16.5. The topological polar surface area (TPSA) is 9.23 Å². The summed E-state index contributed by atoms with van der Waals surface area (Å²) in [6.07, 6.45) is 3.86. The average molecular weight is 159 g/mol. The number of benzene rings is 1. The van der Waals surface area contributed by atoms with Gasteiger partial charge in [-0.2, -0.15) is 0 Å². The van der Waals surface area contributed by atoms with Crippen molar-refractivity contribution in [1.29, 1.82) is 0 Å². The second-order valence-electron chi connectivity index (χ2n) is 2.75. The van der Waals surface area contributed by atoms with Crippen LogP contribution in [-0.4, -0.2) is 0 Å². The van der Waals surface area contributed by atoms with Crippen LogP contribution in [0.25, 0.3) is 12.2 Å². The Morgan fingerprint density at radius 3 is 2.83 bits per heavy atom. The van der Waals surface area contributed by atoms with Gasteiger partial charge in [0.2, 0.25) is 0 Å². The van der Waals surface area contributed by atoms with Crippen LogP contribution in [0.15, 0.2) is 36.3 Å². The zero-order chi connectivity index (χ0) is 9.26. The van der Waals surface area contributed by atoms with Crippen molar-refractivity contribution in [2.75, 3.05) is 0 Å². The van der Waals surface area contributed by atoms with E-state index in [0.29, 0.717) is 0 Å². The highest BCUT2D eigenvalue weighted by molar-refractivity contribution is 5.66. The van der Waals surface area contributed by atoms with Crippen molar-refractivity contribution in [3.8, 4) is 0 Å². The first-order valence-corrected chi connectivity index (χ1v) is 3.89. The summed E-state index contributed by atoms with van der Waals surface area (Å²) in [5.41, 5.74) is 2.13. The fourth-order valence-electron chi connectivity index (χ4n) is 1.21. The molecule has 1 aromatic rings. The zero-order valence-electron chi connectivity index (χ0n) is 7.87. The first kappa shape index (κ1) is 6.06. The van der Waals surface area contributed by atoms with E-state index in [-0.39, 0.29) is 6.24 Å². The summed E-state index contributed by atoms with van der Waals surface area (Å²) in [4.78, 5) is 0. The van der Waals surface area contributed by atoms with Gasteiger partial charge in [-0.15, -0.1) is 0 Å². The molecule has 2 rings (SSSR count). The first-order valence-electron chi connectivity index (χ1n) is 4.39. The molecule has 0 amide bonds. The van der Waals surface area contributed by atoms with Crippen LogP contribution in [0.5, 0.6) is 0 Å². The Hall–Kier alpha value is -1.50. The van der Waals surface area contributed by atoms with E-state index in [4.69, 9.17) is 6.11 Å². The van der Waals surface area contributed by atoms with Crippen LogP contribution in [-0.2, 0) is 4.74 Å². The summed E-state index contributed by atoms with van der Waals surface area (Å²) in [6, 6.07) is 7.92. The van der Waals surface area contributed by atoms with Crippen molar-refractivity contribution < 1.29 is 6.11 Å². The third-order valence-electron chi connectivity index (χ3n) is 1.79. The number of fused-ring (bicyclic) bond motifs is 1. The Morgan fingerprint density at radius 1 is 1.25 bits per heavy atom. The van der Waals surface area contributed by atoms with Crippen LogP contribution >= 0.6 is 0 Å². The van der Waals surface area contributed by atoms with Gasteiger partial charge in [-0.1, -0.05) is 24.3 Å². The van der Waals surface area contributed by atoms with Crippen LogP contribution in [0.2, 0.25) is 0 Å². The summed E-state index contributed by atoms with van der Waals surface area (Å²) in [5, 5.41) is 0. The lowest BCUT2D eigenvalue weighted by atomic mass is 10.1. The van der Waals surface area contributed by atoms with E-state index >= 15 is 0 Å². The predicted octanol–water partition coefficient (Wildman–Crippen LogP) is 3.05. The molecule has 1 heteroatoms. The molecule has 0 unspecified atom stereocenters. The predicted molar refractivity (Wildman–Crippen MR) is 50.2 cm³/mol. The van der Waals surface area contributed by atoms with Crippen molar-refractivity contribution in [2.24, 2.45) is 0 Å². The molecule has 0 saturated carbocycles. The van der Waals surface area contributed by atoms with Gasteiger partial charge in [0.05, 0.1) is 6.24 Å². The maximum Gasteiger partial charge on any atom is 0.104 e. The number of hydrogen-bond acceptors (Lipinski definition) is 1. The fraction of sp³-hybridized carbons (Fsp3) is 0.0909. The molecule has 0 bridgehead atoms. The largest absolute Gasteiger partial charge is 0.470 e. The molecule has 0 aromatic heterocycles. The Bertz CT molecular complexity index is 354. The molecule has 0 saturated heterocycles. The van der Waals surface area contributed by atoms with E-state index < -0.39 is 0 Å². The van der Waals surface area contributed by atoms with E-state index in [1.165, 1.54) is 0 Å². The molecule has 0 aliphatic carbocycles. The van der Waals surface area contributed by atoms with Gasteiger partial charge in [0, 0.05) is 0 Å². The summed E-state index contributed by atoms with van der Waals surface area (Å²) >= 11 is 0. The highest BCUT2D eigenvalue weighted by Gasteiger charge is 1.99. The molecule has 0 spiro atoms. The van der Waals surface area contributed by atoms with Gasteiger partial charge in [-0.3, -0.25) is 0 Å². The molecular weight excluding hydrogens is 148 g/mol. The number of allylic oxidation sites excluding steroid dienone is 1. The Balaban J connectivity index is 2.60. The van der Waals surface area contributed by atoms with Gasteiger partial charge >= 0.3 is 0 Å². The molecule has 1 aliphatic heterocycles. The summed E-state index contributed by atoms with van der Waals surface area (Å²) < 4.78 is 12.7. The third-order valence-corrected chi connectivity index (χ3v) is 1.79. The average Bonchev–Trinajstić information content (AvgIpc) is 2.20. The molecule has 1 aliphatic rings. The van der Waals surface area contributed by atoms with Crippen molar-refractivity contribution >= 4 is 12.2 Å². The van der Waals surface area contributed by atoms with E-state index in [0.717, 1.165) is 16.9 Å². The second-order valence-corrected chi connectivity index (χ2v) is 2.75. The maximum atomic E-state index is 7.47. The van der Waals surface area contributed by atoms with Crippen LogP contribution in [0.4, 0.5) is 0 Å². The Kier molecular flexibility index (Phi) is 1.44. The molecule has 0 atom stereocenters. The second kappa shape index (κ2) is 2.86. The molecule has 0 fully saturated rings. The molecule has 0 N–H and O–H groups in total. The minimum Gasteiger partial charge on any atom is -0.470 e. The zero-order valence-corrected chi connectivity index (χ0v) is 6.87. The summed E-state index contributed by atoms with van der Waals surface area (Å²) in [7, 11) is 0. The Morgan fingerprint density at radius 2 is 2.00 bits per heavy atom. The van der Waals surface area contributed by atoms with Crippen molar-refractivity contribution in [2.45, 2.75) is 6.92 Å². The van der Waals surface area contributed by atoms with Gasteiger partial charge in [0.1, 0.15) is 7.13 Å². The molecule has 12 heavy (non-hydrogen) atoms. The SMILES string of the molecule is [2H]C1=Cc2ccccc2C=C(C)O1. The van der Waals surface area contributed by atoms with Crippen LogP contribution < -0.4 is 0 Å². The Labute approximate surface area is 73.4 Å². The van der Waals surface area contributed by atoms with E-state index in [9.17, 15) is 0 Å². The quantitative estimate of drug-likeness (QED) is 0.565. The lowest BCUT2D eigenvalue weighted by Gasteiger charge is -1.97. The van der Waals surface area contributed by atoms with Crippen LogP contribution in [0, 0.1) is 0 Å². The molecule has 1 aromatic carbocycles. The third kappa shape index (κ3) is 1.26. The van der Waals surface area contributed by atoms with Gasteiger partial charge in [-0.25, -0.2) is 0 Å². The van der Waals surface area contributed by atoms with Crippen molar-refractivity contribution in [1.82, 2.24) is 0 Å². The van der Waals surface area contributed by atoms with E-state index in [1.807, 2.05) is 37.3 Å². The van der Waals surface area contributed by atoms with Gasteiger partial charge in [0.25, 0.3) is 0 Å². The highest BCUT2D eigenvalue weighted by Crippen LogP contribution is 2.18. The van der Waals surface area contributed by atoms with E-state index in [1.54, 1.807) is 6.08 Å². The molecule has 1 nitrogen and oxygen atoms in total. The minimum atomic E-state index is 0.193. The van der Waals surface area contributed by atoms with Crippen LogP contribution in [0.1, 0.15) is 19.4 Å². The lowest BCUT2D eigenvalue weighted by Crippen LogP contribution is -1.78. The molecule has 60 valence electrons. The van der Waals surface area contributed by atoms with Gasteiger partial charge in [-0.05, 0) is 30.2 Å². The molecule has 1 heterocycles. The molecule has 0 radical (unpaired) electrons. The number of rotatable bonds is 0. The minimum absolute atomic E-state index is 0.193. The smallest absolute Gasteiger partial charge is 0.104 e. The normalized spacial score (nSPS) is 16.2. The van der Waals surface area contributed by atoms with Crippen molar-refractivity contribution in [3.63, 3.8) is 0 Å². The number of hydrogen-bond donors (Lipinski definition) is 0. The standard InChI is InChI=1S/C11H10O/c1-9-8-11-5-3-2-4-10(11)6-7-12-9/h2-8H,1H3/i7D. The summed E-state index contributed by atoms with van der Waals surface area (Å²) in [5.74, 6) is 0.756. The summed E-state index contributed by atoms with van der Waals surface area (Å²) in [6.45, 7) is 1.85. The first-order chi connectivity index (χ1) is 6.25. The monoisotopic (exact) mass is 159 g/mol. The van der Waals surface area contributed by atoms with Gasteiger partial charge in [0.15, 0.2) is 0 Å². The van der Waals surface area contributed by atoms with E-state index in [2.05, 4.69) is 0 Å². The lowest BCUT2D eigenvalue weighted by molar-refractivity contribution is 0.362. The molecular formula is C11H10O. The van der Waals surface area contributed by atoms with Gasteiger partial charge < -0.3 is 4.74 Å². The fourth-order valence-corrected chi connectivity index (χ4v) is 1.21. The van der Waals surface area contributed by atoms with Crippen LogP contribution in [0.3, 0.4) is 0 Å². The maximum absolute atomic E-state index is 7.47. The number of ether oxygens (including phenoxy) is 1.